The second-order valence-corrected chi connectivity index (χ2v) is 10.7. The molecule has 2 heterocycles. The maximum atomic E-state index is 12.6. The number of amides is 1. The van der Waals surface area contributed by atoms with Gasteiger partial charge in [0.15, 0.2) is 11.2 Å². The Morgan fingerprint density at radius 1 is 0.976 bits per heavy atom. The first-order chi connectivity index (χ1) is 20.0. The summed E-state index contributed by atoms with van der Waals surface area (Å²) in [6, 6.07) is 23.4. The van der Waals surface area contributed by atoms with Crippen LogP contribution in [-0.2, 0) is 13.1 Å². The van der Waals surface area contributed by atoms with Crippen molar-refractivity contribution in [3.05, 3.63) is 139 Å². The SMILES string of the molecule is O=C(NCc1ccc(CNC2=CC(c3ccccc3O)=CC3=C(Br)C=NCC23)cc1)c1cc(=O)c2ccccc2o1. The van der Waals surface area contributed by atoms with Gasteiger partial charge in [0.1, 0.15) is 11.3 Å². The zero-order valence-electron chi connectivity index (χ0n) is 21.9. The Morgan fingerprint density at radius 3 is 2.51 bits per heavy atom. The Bertz CT molecular complexity index is 1830. The molecule has 204 valence electrons. The van der Waals surface area contributed by atoms with Gasteiger partial charge < -0.3 is 20.2 Å². The van der Waals surface area contributed by atoms with E-state index in [1.807, 2.05) is 48.7 Å². The summed E-state index contributed by atoms with van der Waals surface area (Å²) in [7, 11) is 0. The van der Waals surface area contributed by atoms with E-state index in [0.29, 0.717) is 30.6 Å². The van der Waals surface area contributed by atoms with E-state index < -0.39 is 5.91 Å². The second kappa shape index (κ2) is 11.4. The summed E-state index contributed by atoms with van der Waals surface area (Å²) in [5.74, 6) is -0.131. The van der Waals surface area contributed by atoms with Gasteiger partial charge in [0.25, 0.3) is 5.91 Å². The van der Waals surface area contributed by atoms with Gasteiger partial charge in [-0.15, -0.1) is 0 Å². The molecule has 41 heavy (non-hydrogen) atoms. The van der Waals surface area contributed by atoms with E-state index in [-0.39, 0.29) is 22.9 Å². The van der Waals surface area contributed by atoms with Crippen molar-refractivity contribution in [1.82, 2.24) is 10.6 Å². The zero-order chi connectivity index (χ0) is 28.3. The van der Waals surface area contributed by atoms with E-state index in [1.165, 1.54) is 6.07 Å². The summed E-state index contributed by atoms with van der Waals surface area (Å²) in [6.45, 7) is 1.54. The molecule has 0 fully saturated rings. The van der Waals surface area contributed by atoms with Crippen LogP contribution in [0.15, 0.2) is 121 Å². The summed E-state index contributed by atoms with van der Waals surface area (Å²) >= 11 is 3.65. The Kier molecular flexibility index (Phi) is 7.39. The largest absolute Gasteiger partial charge is 0.507 e. The Morgan fingerprint density at radius 2 is 1.71 bits per heavy atom. The number of benzene rings is 3. The highest BCUT2D eigenvalue weighted by Gasteiger charge is 2.27. The van der Waals surface area contributed by atoms with Gasteiger partial charge in [-0.1, -0.05) is 54.6 Å². The molecule has 1 aromatic heterocycles. The minimum Gasteiger partial charge on any atom is -0.507 e. The molecule has 1 amide bonds. The lowest BCUT2D eigenvalue weighted by atomic mass is 9.84. The first-order valence-corrected chi connectivity index (χ1v) is 14.0. The molecule has 7 nitrogen and oxygen atoms in total. The summed E-state index contributed by atoms with van der Waals surface area (Å²) in [4.78, 5) is 29.5. The number of phenolic OH excluding ortho intramolecular Hbond substituents is 1. The predicted molar refractivity (Wildman–Crippen MR) is 164 cm³/mol. The number of nitrogens with one attached hydrogen (secondary N) is 2. The highest BCUT2D eigenvalue weighted by Crippen LogP contribution is 2.38. The van der Waals surface area contributed by atoms with E-state index in [1.54, 1.807) is 30.3 Å². The minimum atomic E-state index is -0.443. The number of hydrogen-bond acceptors (Lipinski definition) is 6. The number of fused-ring (bicyclic) bond motifs is 2. The number of aliphatic imine (C=N–C) groups is 1. The number of phenols is 1. The fourth-order valence-corrected chi connectivity index (χ4v) is 5.54. The average Bonchev–Trinajstić information content (AvgIpc) is 2.99. The van der Waals surface area contributed by atoms with E-state index in [9.17, 15) is 14.7 Å². The molecular formula is C33H26BrN3O4. The van der Waals surface area contributed by atoms with Crippen molar-refractivity contribution in [3.63, 3.8) is 0 Å². The van der Waals surface area contributed by atoms with E-state index in [4.69, 9.17) is 4.42 Å². The Labute approximate surface area is 244 Å². The third-order valence-corrected chi connectivity index (χ3v) is 7.85. The van der Waals surface area contributed by atoms with Crippen molar-refractivity contribution in [2.45, 2.75) is 13.1 Å². The molecule has 1 atom stereocenters. The molecule has 8 heteroatoms. The standard InChI is InChI=1S/C33H26BrN3O4/c34-27-19-35-18-26-25(27)13-22(23-5-1-3-7-29(23)38)14-28(26)36-16-20-9-11-21(12-10-20)17-37-33(40)32-15-30(39)24-6-2-4-8-31(24)41-32/h1-15,19,26,36,38H,16-18H2,(H,37,40). The molecule has 0 saturated carbocycles. The van der Waals surface area contributed by atoms with Crippen LogP contribution < -0.4 is 16.1 Å². The lowest BCUT2D eigenvalue weighted by Gasteiger charge is -2.29. The number of rotatable bonds is 7. The third-order valence-electron chi connectivity index (χ3n) is 7.19. The number of carbonyl (C=O) groups is 1. The lowest BCUT2D eigenvalue weighted by molar-refractivity contribution is 0.0923. The van der Waals surface area contributed by atoms with Crippen LogP contribution in [0.1, 0.15) is 27.2 Å². The number of nitrogens with zero attached hydrogens (tertiary/aromatic N) is 1. The molecule has 2 aliphatic rings. The van der Waals surface area contributed by atoms with Crippen LogP contribution in [-0.4, -0.2) is 23.8 Å². The predicted octanol–water partition coefficient (Wildman–Crippen LogP) is 5.85. The average molecular weight is 608 g/mol. The first-order valence-electron chi connectivity index (χ1n) is 13.2. The monoisotopic (exact) mass is 607 g/mol. The Balaban J connectivity index is 1.12. The maximum absolute atomic E-state index is 12.6. The fraction of sp³-hybridized carbons (Fsp3) is 0.121. The number of carbonyl (C=O) groups excluding carboxylic acids is 1. The lowest BCUT2D eigenvalue weighted by Crippen LogP contribution is -2.27. The zero-order valence-corrected chi connectivity index (χ0v) is 23.5. The van der Waals surface area contributed by atoms with Gasteiger partial charge in [-0.25, -0.2) is 0 Å². The highest BCUT2D eigenvalue weighted by atomic mass is 79.9. The van der Waals surface area contributed by atoms with Crippen molar-refractivity contribution in [1.29, 1.82) is 0 Å². The summed E-state index contributed by atoms with van der Waals surface area (Å²) in [5, 5.41) is 17.3. The van der Waals surface area contributed by atoms with Crippen molar-refractivity contribution in [2.24, 2.45) is 10.9 Å². The van der Waals surface area contributed by atoms with Crippen LogP contribution in [0.5, 0.6) is 5.75 Å². The molecular weight excluding hydrogens is 582 g/mol. The third kappa shape index (κ3) is 5.64. The van der Waals surface area contributed by atoms with Crippen LogP contribution in [0.25, 0.3) is 16.5 Å². The molecule has 1 aliphatic carbocycles. The van der Waals surface area contributed by atoms with Crippen molar-refractivity contribution >= 4 is 44.6 Å². The van der Waals surface area contributed by atoms with Crippen LogP contribution in [0, 0.1) is 5.92 Å². The van der Waals surface area contributed by atoms with Gasteiger partial charge >= 0.3 is 0 Å². The van der Waals surface area contributed by atoms with Crippen molar-refractivity contribution < 1.29 is 14.3 Å². The molecule has 0 saturated heterocycles. The van der Waals surface area contributed by atoms with Crippen LogP contribution in [0.2, 0.25) is 0 Å². The van der Waals surface area contributed by atoms with Gasteiger partial charge in [-0.3, -0.25) is 14.6 Å². The van der Waals surface area contributed by atoms with Gasteiger partial charge in [0.2, 0.25) is 0 Å². The number of hydrogen-bond donors (Lipinski definition) is 3. The number of para-hydroxylation sites is 2. The van der Waals surface area contributed by atoms with Crippen LogP contribution in [0.4, 0.5) is 0 Å². The van der Waals surface area contributed by atoms with Crippen molar-refractivity contribution in [3.8, 4) is 5.75 Å². The molecule has 4 aromatic rings. The molecule has 1 unspecified atom stereocenters. The maximum Gasteiger partial charge on any atom is 0.287 e. The minimum absolute atomic E-state index is 0.0142. The molecule has 6 rings (SSSR count). The molecule has 0 radical (unpaired) electrons. The van der Waals surface area contributed by atoms with Crippen LogP contribution >= 0.6 is 15.9 Å². The number of aromatic hydroxyl groups is 1. The quantitative estimate of drug-likeness (QED) is 0.244. The number of allylic oxidation sites excluding steroid dienone is 4. The number of dihydropyridines is 1. The van der Waals surface area contributed by atoms with Crippen LogP contribution in [0.3, 0.4) is 0 Å². The van der Waals surface area contributed by atoms with E-state index in [0.717, 1.165) is 38.0 Å². The fourth-order valence-electron chi connectivity index (χ4n) is 5.00. The highest BCUT2D eigenvalue weighted by molar-refractivity contribution is 9.12. The van der Waals surface area contributed by atoms with E-state index in [2.05, 4.69) is 43.7 Å². The van der Waals surface area contributed by atoms with Crippen molar-refractivity contribution in [2.75, 3.05) is 6.54 Å². The molecule has 3 N–H and O–H groups in total. The smallest absolute Gasteiger partial charge is 0.287 e. The van der Waals surface area contributed by atoms with Gasteiger partial charge in [0, 0.05) is 47.0 Å². The van der Waals surface area contributed by atoms with Gasteiger partial charge in [-0.05, 0) is 68.6 Å². The summed E-state index contributed by atoms with van der Waals surface area (Å²) < 4.78 is 6.56. The van der Waals surface area contributed by atoms with E-state index >= 15 is 0 Å². The topological polar surface area (TPSA) is 104 Å². The summed E-state index contributed by atoms with van der Waals surface area (Å²) in [5.41, 5.74) is 5.98. The molecule has 3 aromatic carbocycles. The van der Waals surface area contributed by atoms with Gasteiger partial charge in [0.05, 0.1) is 11.9 Å². The normalized spacial score (nSPS) is 16.2. The molecule has 0 spiro atoms. The van der Waals surface area contributed by atoms with Gasteiger partial charge in [-0.2, -0.15) is 0 Å². The first kappa shape index (κ1) is 26.5. The summed E-state index contributed by atoms with van der Waals surface area (Å²) in [6.07, 6.45) is 6.02. The second-order valence-electron chi connectivity index (χ2n) is 9.89. The Hall–Kier alpha value is -4.69. The molecule has 1 aliphatic heterocycles. The number of halogens is 1. The molecule has 0 bridgehead atoms.